The summed E-state index contributed by atoms with van der Waals surface area (Å²) in [6, 6.07) is 0. The highest BCUT2D eigenvalue weighted by molar-refractivity contribution is 5.83. The van der Waals surface area contributed by atoms with E-state index in [0.29, 0.717) is 12.8 Å². The van der Waals surface area contributed by atoms with Gasteiger partial charge in [-0.15, -0.1) is 0 Å². The third-order valence-corrected chi connectivity index (χ3v) is 2.45. The van der Waals surface area contributed by atoms with Crippen molar-refractivity contribution in [2.24, 2.45) is 17.6 Å². The Labute approximate surface area is 70.7 Å². The average molecular weight is 171 g/mol. The van der Waals surface area contributed by atoms with Crippen molar-refractivity contribution in [2.45, 2.75) is 25.7 Å². The Morgan fingerprint density at radius 3 is 2.00 bits per heavy atom. The van der Waals surface area contributed by atoms with Crippen LogP contribution >= 0.6 is 0 Å². The van der Waals surface area contributed by atoms with Crippen LogP contribution < -0.4 is 5.73 Å². The van der Waals surface area contributed by atoms with Crippen LogP contribution in [-0.2, 0) is 9.59 Å². The molecular formula is C8H13NO3. The zero-order valence-corrected chi connectivity index (χ0v) is 6.82. The number of carbonyl (C=O) groups excluding carboxylic acids is 1. The number of primary amides is 1. The summed E-state index contributed by atoms with van der Waals surface area (Å²) in [6.07, 6.45) is 3.02. The summed E-state index contributed by atoms with van der Waals surface area (Å²) in [7, 11) is 0. The van der Waals surface area contributed by atoms with Crippen molar-refractivity contribution in [2.75, 3.05) is 0 Å². The molecule has 1 rings (SSSR count). The first kappa shape index (κ1) is 9.03. The predicted octanol–water partition coefficient (Wildman–Crippen LogP) is 0.363. The highest BCUT2D eigenvalue weighted by atomic mass is 16.4. The van der Waals surface area contributed by atoms with Gasteiger partial charge < -0.3 is 10.8 Å². The molecule has 1 fully saturated rings. The molecule has 1 aliphatic rings. The number of rotatable bonds is 2. The van der Waals surface area contributed by atoms with Gasteiger partial charge in [-0.25, -0.2) is 0 Å². The van der Waals surface area contributed by atoms with Crippen molar-refractivity contribution in [3.8, 4) is 0 Å². The number of carboxylic acid groups (broad SMARTS) is 1. The minimum absolute atomic E-state index is 0.448. The Morgan fingerprint density at radius 1 is 1.17 bits per heavy atom. The maximum absolute atomic E-state index is 10.8. The van der Waals surface area contributed by atoms with Gasteiger partial charge in [-0.05, 0) is 12.8 Å². The summed E-state index contributed by atoms with van der Waals surface area (Å²) in [5, 5.41) is 8.75. The van der Waals surface area contributed by atoms with Crippen LogP contribution in [0.2, 0.25) is 0 Å². The van der Waals surface area contributed by atoms with Crippen LogP contribution in [0.15, 0.2) is 0 Å². The molecule has 0 aromatic carbocycles. The normalized spacial score (nSPS) is 29.7. The summed E-state index contributed by atoms with van der Waals surface area (Å²) >= 11 is 0. The SMILES string of the molecule is NC(=O)[C@@H]1CCCC[C@@H]1C(=O)O. The number of nitrogens with two attached hydrogens (primary N) is 1. The lowest BCUT2D eigenvalue weighted by atomic mass is 9.79. The second kappa shape index (κ2) is 3.56. The molecule has 3 N–H and O–H groups in total. The first-order chi connectivity index (χ1) is 5.63. The standard InChI is InChI=1S/C8H13NO3/c9-7(10)5-3-1-2-4-6(5)8(11)12/h5-6H,1-4H2,(H2,9,10)(H,11,12)/t5-,6+/m1/s1. The van der Waals surface area contributed by atoms with Gasteiger partial charge in [-0.3, -0.25) is 9.59 Å². The third-order valence-electron chi connectivity index (χ3n) is 2.45. The number of carbonyl (C=O) groups is 2. The summed E-state index contributed by atoms with van der Waals surface area (Å²) in [4.78, 5) is 21.5. The zero-order valence-electron chi connectivity index (χ0n) is 6.82. The minimum atomic E-state index is -0.890. The quantitative estimate of drug-likeness (QED) is 0.629. The first-order valence-electron chi connectivity index (χ1n) is 4.15. The Kier molecular flexibility index (Phi) is 2.68. The average Bonchev–Trinajstić information content (AvgIpc) is 2.04. The van der Waals surface area contributed by atoms with Crippen LogP contribution in [-0.4, -0.2) is 17.0 Å². The van der Waals surface area contributed by atoms with Gasteiger partial charge in [0, 0.05) is 0 Å². The van der Waals surface area contributed by atoms with E-state index in [0.717, 1.165) is 12.8 Å². The van der Waals surface area contributed by atoms with Gasteiger partial charge in [0.15, 0.2) is 0 Å². The molecule has 0 aromatic rings. The van der Waals surface area contributed by atoms with E-state index in [2.05, 4.69) is 0 Å². The molecule has 68 valence electrons. The fourth-order valence-corrected chi connectivity index (χ4v) is 1.77. The van der Waals surface area contributed by atoms with E-state index in [9.17, 15) is 9.59 Å². The van der Waals surface area contributed by atoms with Gasteiger partial charge in [-0.1, -0.05) is 12.8 Å². The number of hydrogen-bond acceptors (Lipinski definition) is 2. The Balaban J connectivity index is 2.67. The predicted molar refractivity (Wildman–Crippen MR) is 42.3 cm³/mol. The molecule has 0 aliphatic heterocycles. The summed E-state index contributed by atoms with van der Waals surface area (Å²) in [6.45, 7) is 0. The molecule has 0 aromatic heterocycles. The smallest absolute Gasteiger partial charge is 0.307 e. The summed E-state index contributed by atoms with van der Waals surface area (Å²) in [5.74, 6) is -2.35. The van der Waals surface area contributed by atoms with Crippen molar-refractivity contribution in [1.82, 2.24) is 0 Å². The van der Waals surface area contributed by atoms with Crippen molar-refractivity contribution >= 4 is 11.9 Å². The van der Waals surface area contributed by atoms with E-state index >= 15 is 0 Å². The van der Waals surface area contributed by atoms with Crippen LogP contribution in [0, 0.1) is 11.8 Å². The Hall–Kier alpha value is -1.06. The fourth-order valence-electron chi connectivity index (χ4n) is 1.77. The van der Waals surface area contributed by atoms with Crippen molar-refractivity contribution < 1.29 is 14.7 Å². The molecule has 0 saturated heterocycles. The second-order valence-corrected chi connectivity index (χ2v) is 3.24. The van der Waals surface area contributed by atoms with Crippen molar-refractivity contribution in [3.63, 3.8) is 0 Å². The molecule has 4 nitrogen and oxygen atoms in total. The maximum atomic E-state index is 10.8. The maximum Gasteiger partial charge on any atom is 0.307 e. The number of hydrogen-bond donors (Lipinski definition) is 2. The van der Waals surface area contributed by atoms with Crippen LogP contribution in [0.3, 0.4) is 0 Å². The molecule has 0 bridgehead atoms. The van der Waals surface area contributed by atoms with Gasteiger partial charge in [0.05, 0.1) is 11.8 Å². The fraction of sp³-hybridized carbons (Fsp3) is 0.750. The van der Waals surface area contributed by atoms with E-state index in [1.165, 1.54) is 0 Å². The summed E-state index contributed by atoms with van der Waals surface area (Å²) < 4.78 is 0. The van der Waals surface area contributed by atoms with Crippen molar-refractivity contribution in [1.29, 1.82) is 0 Å². The molecule has 1 aliphatic carbocycles. The minimum Gasteiger partial charge on any atom is -0.481 e. The van der Waals surface area contributed by atoms with Gasteiger partial charge in [0.2, 0.25) is 5.91 Å². The molecule has 0 radical (unpaired) electrons. The Bertz CT molecular complexity index is 180. The third kappa shape index (κ3) is 1.75. The second-order valence-electron chi connectivity index (χ2n) is 3.24. The van der Waals surface area contributed by atoms with E-state index in [1.54, 1.807) is 0 Å². The first-order valence-corrected chi connectivity index (χ1v) is 4.15. The molecular weight excluding hydrogens is 158 g/mol. The molecule has 1 amide bonds. The van der Waals surface area contributed by atoms with Crippen LogP contribution in [0.5, 0.6) is 0 Å². The van der Waals surface area contributed by atoms with E-state index in [-0.39, 0.29) is 0 Å². The highest BCUT2D eigenvalue weighted by Crippen LogP contribution is 2.29. The lowest BCUT2D eigenvalue weighted by Gasteiger charge is -2.25. The Morgan fingerprint density at radius 2 is 1.67 bits per heavy atom. The summed E-state index contributed by atoms with van der Waals surface area (Å²) in [5.41, 5.74) is 5.09. The zero-order chi connectivity index (χ0) is 9.14. The largest absolute Gasteiger partial charge is 0.481 e. The highest BCUT2D eigenvalue weighted by Gasteiger charge is 2.34. The molecule has 4 heteroatoms. The lowest BCUT2D eigenvalue weighted by Crippen LogP contribution is -2.36. The molecule has 1 saturated carbocycles. The van der Waals surface area contributed by atoms with Crippen LogP contribution in [0.4, 0.5) is 0 Å². The van der Waals surface area contributed by atoms with Gasteiger partial charge >= 0.3 is 5.97 Å². The number of amides is 1. The van der Waals surface area contributed by atoms with Crippen LogP contribution in [0.1, 0.15) is 25.7 Å². The van der Waals surface area contributed by atoms with E-state index in [1.807, 2.05) is 0 Å². The van der Waals surface area contributed by atoms with Crippen molar-refractivity contribution in [3.05, 3.63) is 0 Å². The molecule has 12 heavy (non-hydrogen) atoms. The van der Waals surface area contributed by atoms with E-state index in [4.69, 9.17) is 10.8 Å². The lowest BCUT2D eigenvalue weighted by molar-refractivity contribution is -0.148. The van der Waals surface area contributed by atoms with Gasteiger partial charge in [-0.2, -0.15) is 0 Å². The molecule has 0 heterocycles. The van der Waals surface area contributed by atoms with Gasteiger partial charge in [0.1, 0.15) is 0 Å². The number of aliphatic carboxylic acids is 1. The van der Waals surface area contributed by atoms with E-state index < -0.39 is 23.7 Å². The molecule has 0 unspecified atom stereocenters. The van der Waals surface area contributed by atoms with Crippen LogP contribution in [0.25, 0.3) is 0 Å². The molecule has 2 atom stereocenters. The topological polar surface area (TPSA) is 80.4 Å². The number of carboxylic acids is 1. The van der Waals surface area contributed by atoms with Gasteiger partial charge in [0.25, 0.3) is 0 Å². The molecule has 0 spiro atoms. The monoisotopic (exact) mass is 171 g/mol.